The number of non-ortho nitro benzene ring substituents is 1. The van der Waals surface area contributed by atoms with Crippen LogP contribution in [-0.4, -0.2) is 24.8 Å². The Labute approximate surface area is 132 Å². The van der Waals surface area contributed by atoms with Crippen LogP contribution >= 0.6 is 0 Å². The third-order valence-electron chi connectivity index (χ3n) is 3.06. The van der Waals surface area contributed by atoms with Gasteiger partial charge in [0.25, 0.3) is 5.69 Å². The second-order valence-electron chi connectivity index (χ2n) is 4.78. The van der Waals surface area contributed by atoms with Crippen LogP contribution in [0.4, 0.5) is 5.69 Å². The van der Waals surface area contributed by atoms with Crippen LogP contribution in [0.25, 0.3) is 0 Å². The maximum atomic E-state index is 12.0. The van der Waals surface area contributed by atoms with Crippen LogP contribution in [0.15, 0.2) is 57.6 Å². The summed E-state index contributed by atoms with van der Waals surface area (Å²) in [4.78, 5) is 21.1. The summed E-state index contributed by atoms with van der Waals surface area (Å²) in [6.45, 7) is 3.17. The molecule has 0 N–H and O–H groups in total. The number of benzene rings is 1. The van der Waals surface area contributed by atoms with Crippen LogP contribution in [0.3, 0.4) is 0 Å². The van der Waals surface area contributed by atoms with Crippen LogP contribution in [0.2, 0.25) is 0 Å². The molecule has 0 radical (unpaired) electrons. The standard InChI is InChI=1S/C14H12N2O6S/c1-9-8-14(17)10(2)7-13(9)15-22-23(20,21)12-5-3-11(4-6-12)16(18)19/h3-8H,1-2H3/b15-13-. The van der Waals surface area contributed by atoms with Gasteiger partial charge in [0.05, 0.1) is 4.92 Å². The largest absolute Gasteiger partial charge is 0.358 e. The molecule has 0 bridgehead atoms. The number of carbonyl (C=O) groups is 1. The highest BCUT2D eigenvalue weighted by Gasteiger charge is 2.19. The monoisotopic (exact) mass is 336 g/mol. The van der Waals surface area contributed by atoms with Crippen molar-refractivity contribution in [2.75, 3.05) is 0 Å². The number of hydrogen-bond acceptors (Lipinski definition) is 7. The minimum absolute atomic E-state index is 0.181. The van der Waals surface area contributed by atoms with E-state index in [0.717, 1.165) is 24.3 Å². The Hall–Kier alpha value is -2.81. The fourth-order valence-corrected chi connectivity index (χ4v) is 2.47. The Bertz CT molecular complexity index is 863. The molecule has 0 aliphatic heterocycles. The van der Waals surface area contributed by atoms with E-state index in [0.29, 0.717) is 11.1 Å². The van der Waals surface area contributed by atoms with Crippen molar-refractivity contribution in [1.82, 2.24) is 0 Å². The highest BCUT2D eigenvalue weighted by Crippen LogP contribution is 2.19. The molecule has 0 saturated heterocycles. The van der Waals surface area contributed by atoms with E-state index >= 15 is 0 Å². The topological polar surface area (TPSA) is 116 Å². The zero-order valence-electron chi connectivity index (χ0n) is 12.2. The molecule has 2 rings (SSSR count). The first-order valence-corrected chi connectivity index (χ1v) is 7.79. The molecule has 0 amide bonds. The van der Waals surface area contributed by atoms with Gasteiger partial charge in [-0.1, -0.05) is 5.16 Å². The maximum Gasteiger partial charge on any atom is 0.358 e. The van der Waals surface area contributed by atoms with E-state index in [1.165, 1.54) is 12.2 Å². The summed E-state index contributed by atoms with van der Waals surface area (Å²) in [5.74, 6) is -0.181. The molecule has 0 unspecified atom stereocenters. The van der Waals surface area contributed by atoms with E-state index in [1.807, 2.05) is 0 Å². The Morgan fingerprint density at radius 1 is 1.09 bits per heavy atom. The third-order valence-corrected chi connectivity index (χ3v) is 4.18. The van der Waals surface area contributed by atoms with Crippen molar-refractivity contribution in [1.29, 1.82) is 0 Å². The fraction of sp³-hybridized carbons (Fsp3) is 0.143. The SMILES string of the molecule is CC1=C/C(=N/OS(=O)(=O)c2ccc([N+](=O)[O-])cc2)C(C)=CC1=O. The Kier molecular flexibility index (Phi) is 4.41. The molecule has 1 aliphatic carbocycles. The fourth-order valence-electron chi connectivity index (χ4n) is 1.74. The molecule has 0 saturated carbocycles. The van der Waals surface area contributed by atoms with Crippen LogP contribution in [0, 0.1) is 10.1 Å². The van der Waals surface area contributed by atoms with Crippen LogP contribution in [0.5, 0.6) is 0 Å². The number of nitro groups is 1. The smallest absolute Gasteiger partial charge is 0.290 e. The molecule has 0 fully saturated rings. The lowest BCUT2D eigenvalue weighted by Gasteiger charge is -2.09. The van der Waals surface area contributed by atoms with Crippen molar-refractivity contribution < 1.29 is 22.4 Å². The van der Waals surface area contributed by atoms with Crippen LogP contribution in [-0.2, 0) is 19.2 Å². The van der Waals surface area contributed by atoms with Gasteiger partial charge in [-0.15, -0.1) is 0 Å². The minimum Gasteiger partial charge on any atom is -0.290 e. The first-order valence-electron chi connectivity index (χ1n) is 6.38. The Balaban J connectivity index is 2.25. The van der Waals surface area contributed by atoms with E-state index < -0.39 is 15.0 Å². The van der Waals surface area contributed by atoms with Gasteiger partial charge >= 0.3 is 10.1 Å². The summed E-state index contributed by atoms with van der Waals surface area (Å²) in [6.07, 6.45) is 2.75. The van der Waals surface area contributed by atoms with Gasteiger partial charge in [-0.3, -0.25) is 19.2 Å². The molecule has 8 nitrogen and oxygen atoms in total. The number of nitrogens with zero attached hydrogens (tertiary/aromatic N) is 2. The normalized spacial score (nSPS) is 16.8. The number of hydrogen-bond donors (Lipinski definition) is 0. The predicted octanol–water partition coefficient (Wildman–Crippen LogP) is 2.13. The van der Waals surface area contributed by atoms with Crippen molar-refractivity contribution in [3.63, 3.8) is 0 Å². The molecule has 0 heterocycles. The summed E-state index contributed by atoms with van der Waals surface area (Å²) >= 11 is 0. The van der Waals surface area contributed by atoms with E-state index in [-0.39, 0.29) is 22.1 Å². The predicted molar refractivity (Wildman–Crippen MR) is 81.3 cm³/mol. The molecule has 23 heavy (non-hydrogen) atoms. The Morgan fingerprint density at radius 3 is 2.26 bits per heavy atom. The van der Waals surface area contributed by atoms with Gasteiger partial charge < -0.3 is 0 Å². The van der Waals surface area contributed by atoms with E-state index in [1.54, 1.807) is 13.8 Å². The molecule has 1 aliphatic rings. The van der Waals surface area contributed by atoms with E-state index in [4.69, 9.17) is 0 Å². The lowest BCUT2D eigenvalue weighted by Crippen LogP contribution is -2.12. The molecular weight excluding hydrogens is 324 g/mol. The highest BCUT2D eigenvalue weighted by molar-refractivity contribution is 7.86. The molecule has 0 atom stereocenters. The number of rotatable bonds is 4. The van der Waals surface area contributed by atoms with Crippen LogP contribution in [0.1, 0.15) is 13.8 Å². The summed E-state index contributed by atoms with van der Waals surface area (Å²) in [6, 6.07) is 4.22. The molecule has 120 valence electrons. The minimum atomic E-state index is -4.21. The van der Waals surface area contributed by atoms with Crippen molar-refractivity contribution in [3.05, 3.63) is 57.7 Å². The molecule has 0 spiro atoms. The number of oxime groups is 1. The Morgan fingerprint density at radius 2 is 1.70 bits per heavy atom. The zero-order chi connectivity index (χ0) is 17.2. The lowest BCUT2D eigenvalue weighted by molar-refractivity contribution is -0.384. The van der Waals surface area contributed by atoms with Gasteiger partial charge in [0.15, 0.2) is 5.78 Å². The number of carbonyl (C=O) groups excluding carboxylic acids is 1. The van der Waals surface area contributed by atoms with Gasteiger partial charge in [-0.05, 0) is 49.3 Å². The molecular formula is C14H12N2O6S. The molecule has 1 aromatic rings. The van der Waals surface area contributed by atoms with Gasteiger partial charge in [-0.25, -0.2) is 0 Å². The lowest BCUT2D eigenvalue weighted by atomic mass is 9.99. The van der Waals surface area contributed by atoms with Gasteiger partial charge in [0.1, 0.15) is 10.6 Å². The van der Waals surface area contributed by atoms with Crippen molar-refractivity contribution in [2.24, 2.45) is 5.16 Å². The maximum absolute atomic E-state index is 12.0. The number of nitro benzene ring substituents is 1. The third kappa shape index (κ3) is 3.69. The van der Waals surface area contributed by atoms with Gasteiger partial charge in [0.2, 0.25) is 0 Å². The van der Waals surface area contributed by atoms with Crippen molar-refractivity contribution in [3.8, 4) is 0 Å². The van der Waals surface area contributed by atoms with Crippen molar-refractivity contribution in [2.45, 2.75) is 18.7 Å². The van der Waals surface area contributed by atoms with E-state index in [2.05, 4.69) is 9.44 Å². The second kappa shape index (κ2) is 6.13. The van der Waals surface area contributed by atoms with Gasteiger partial charge in [0, 0.05) is 12.1 Å². The molecule has 9 heteroatoms. The average Bonchev–Trinajstić information content (AvgIpc) is 2.49. The molecule has 1 aromatic carbocycles. The first-order chi connectivity index (χ1) is 10.7. The van der Waals surface area contributed by atoms with Crippen molar-refractivity contribution >= 4 is 27.3 Å². The van der Waals surface area contributed by atoms with E-state index in [9.17, 15) is 23.3 Å². The summed E-state index contributed by atoms with van der Waals surface area (Å²) in [5, 5.41) is 14.1. The second-order valence-corrected chi connectivity index (χ2v) is 6.30. The number of allylic oxidation sites excluding steroid dienone is 4. The zero-order valence-corrected chi connectivity index (χ0v) is 13.0. The molecule has 0 aromatic heterocycles. The highest BCUT2D eigenvalue weighted by atomic mass is 32.2. The quantitative estimate of drug-likeness (QED) is 0.472. The number of ketones is 1. The summed E-state index contributed by atoms with van der Waals surface area (Å²) in [5.41, 5.74) is 0.858. The van der Waals surface area contributed by atoms with Crippen LogP contribution < -0.4 is 0 Å². The average molecular weight is 336 g/mol. The van der Waals surface area contributed by atoms with Gasteiger partial charge in [-0.2, -0.15) is 8.42 Å². The summed E-state index contributed by atoms with van der Waals surface area (Å²) < 4.78 is 28.6. The first kappa shape index (κ1) is 16.6. The summed E-state index contributed by atoms with van der Waals surface area (Å²) in [7, 11) is -4.21.